The highest BCUT2D eigenvalue weighted by atomic mass is 79.9. The van der Waals surface area contributed by atoms with E-state index in [4.69, 9.17) is 11.6 Å². The molecule has 3 heteroatoms. The Morgan fingerprint density at radius 3 is 2.80 bits per heavy atom. The first kappa shape index (κ1) is 11.4. The molecule has 0 saturated heterocycles. The Kier molecular flexibility index (Phi) is 3.70. The smallest absolute Gasteiger partial charge is 0.0543 e. The standard InChI is InChI=1S/C12H14BrClO/c13-10-3-2-9(12(14)7-10)5-8-1-4-11(15)6-8/h2-3,7-8,11,15H,1,4-6H2. The molecular weight excluding hydrogens is 275 g/mol. The molecule has 1 N–H and O–H groups in total. The normalized spacial score (nSPS) is 25.8. The molecule has 2 rings (SSSR count). The van der Waals surface area contributed by atoms with E-state index in [-0.39, 0.29) is 6.10 Å². The van der Waals surface area contributed by atoms with E-state index in [2.05, 4.69) is 22.0 Å². The van der Waals surface area contributed by atoms with Gasteiger partial charge in [-0.15, -0.1) is 0 Å². The van der Waals surface area contributed by atoms with Crippen molar-refractivity contribution < 1.29 is 5.11 Å². The maximum atomic E-state index is 9.45. The molecule has 1 fully saturated rings. The second kappa shape index (κ2) is 4.86. The van der Waals surface area contributed by atoms with Crippen molar-refractivity contribution >= 4 is 27.5 Å². The van der Waals surface area contributed by atoms with Crippen LogP contribution in [-0.4, -0.2) is 11.2 Å². The average Bonchev–Trinajstić information content (AvgIpc) is 2.56. The summed E-state index contributed by atoms with van der Waals surface area (Å²) in [7, 11) is 0. The summed E-state index contributed by atoms with van der Waals surface area (Å²) < 4.78 is 1.02. The van der Waals surface area contributed by atoms with E-state index in [1.54, 1.807) is 0 Å². The average molecular weight is 290 g/mol. The Balaban J connectivity index is 2.04. The molecule has 0 spiro atoms. The molecule has 1 aliphatic rings. The largest absolute Gasteiger partial charge is 0.393 e. The fourth-order valence-electron chi connectivity index (χ4n) is 2.23. The van der Waals surface area contributed by atoms with Crippen molar-refractivity contribution in [2.75, 3.05) is 0 Å². The number of aliphatic hydroxyl groups is 1. The molecule has 1 aromatic rings. The Morgan fingerprint density at radius 1 is 1.40 bits per heavy atom. The number of hydrogen-bond donors (Lipinski definition) is 1. The topological polar surface area (TPSA) is 20.2 Å². The lowest BCUT2D eigenvalue weighted by Gasteiger charge is -2.10. The number of halogens is 2. The van der Waals surface area contributed by atoms with E-state index in [0.29, 0.717) is 5.92 Å². The summed E-state index contributed by atoms with van der Waals surface area (Å²) in [5, 5.41) is 10.3. The predicted octanol–water partition coefficient (Wildman–Crippen LogP) is 3.81. The monoisotopic (exact) mass is 288 g/mol. The minimum atomic E-state index is -0.0933. The lowest BCUT2D eigenvalue weighted by Crippen LogP contribution is -2.03. The molecule has 0 aromatic heterocycles. The Morgan fingerprint density at radius 2 is 2.20 bits per heavy atom. The Hall–Kier alpha value is -0.0500. The van der Waals surface area contributed by atoms with Crippen LogP contribution < -0.4 is 0 Å². The zero-order chi connectivity index (χ0) is 10.8. The first-order valence-corrected chi connectivity index (χ1v) is 6.44. The molecule has 1 nitrogen and oxygen atoms in total. The first-order chi connectivity index (χ1) is 7.15. The van der Waals surface area contributed by atoms with Crippen LogP contribution in [0.15, 0.2) is 22.7 Å². The predicted molar refractivity (Wildman–Crippen MR) is 66.2 cm³/mol. The third-order valence-electron chi connectivity index (χ3n) is 3.04. The summed E-state index contributed by atoms with van der Waals surface area (Å²) in [6.45, 7) is 0. The maximum absolute atomic E-state index is 9.45. The van der Waals surface area contributed by atoms with E-state index < -0.39 is 0 Å². The van der Waals surface area contributed by atoms with E-state index >= 15 is 0 Å². The van der Waals surface area contributed by atoms with Crippen LogP contribution >= 0.6 is 27.5 Å². The molecule has 0 heterocycles. The van der Waals surface area contributed by atoms with Crippen molar-refractivity contribution in [3.63, 3.8) is 0 Å². The number of rotatable bonds is 2. The van der Waals surface area contributed by atoms with Crippen LogP contribution in [0.4, 0.5) is 0 Å². The molecule has 0 bridgehead atoms. The third-order valence-corrected chi connectivity index (χ3v) is 3.88. The molecular formula is C12H14BrClO. The molecule has 0 aliphatic heterocycles. The minimum Gasteiger partial charge on any atom is -0.393 e. The van der Waals surface area contributed by atoms with Crippen LogP contribution in [0.1, 0.15) is 24.8 Å². The van der Waals surface area contributed by atoms with Gasteiger partial charge in [-0.3, -0.25) is 0 Å². The summed E-state index contributed by atoms with van der Waals surface area (Å²) in [5.74, 6) is 0.596. The third kappa shape index (κ3) is 2.96. The summed E-state index contributed by atoms with van der Waals surface area (Å²) in [4.78, 5) is 0. The molecule has 2 atom stereocenters. The lowest BCUT2D eigenvalue weighted by molar-refractivity contribution is 0.177. The Bertz CT molecular complexity index is 353. The molecule has 0 amide bonds. The highest BCUT2D eigenvalue weighted by Crippen LogP contribution is 2.31. The van der Waals surface area contributed by atoms with Crippen molar-refractivity contribution in [2.45, 2.75) is 31.8 Å². The van der Waals surface area contributed by atoms with Gasteiger partial charge in [-0.25, -0.2) is 0 Å². The quantitative estimate of drug-likeness (QED) is 0.878. The van der Waals surface area contributed by atoms with E-state index in [9.17, 15) is 5.11 Å². The van der Waals surface area contributed by atoms with Crippen LogP contribution in [0.2, 0.25) is 5.02 Å². The fraction of sp³-hybridized carbons (Fsp3) is 0.500. The van der Waals surface area contributed by atoms with Crippen molar-refractivity contribution in [3.05, 3.63) is 33.3 Å². The second-order valence-corrected chi connectivity index (χ2v) is 5.60. The first-order valence-electron chi connectivity index (χ1n) is 5.27. The van der Waals surface area contributed by atoms with Crippen LogP contribution in [0.25, 0.3) is 0 Å². The van der Waals surface area contributed by atoms with E-state index in [1.807, 2.05) is 12.1 Å². The highest BCUT2D eigenvalue weighted by Gasteiger charge is 2.23. The van der Waals surface area contributed by atoms with Gasteiger partial charge in [0.1, 0.15) is 0 Å². The van der Waals surface area contributed by atoms with Gasteiger partial charge in [0.15, 0.2) is 0 Å². The number of aliphatic hydroxyl groups excluding tert-OH is 1. The molecule has 1 saturated carbocycles. The van der Waals surface area contributed by atoms with Gasteiger partial charge in [0.2, 0.25) is 0 Å². The lowest BCUT2D eigenvalue weighted by atomic mass is 9.98. The van der Waals surface area contributed by atoms with Crippen LogP contribution in [-0.2, 0) is 6.42 Å². The van der Waals surface area contributed by atoms with Crippen molar-refractivity contribution in [3.8, 4) is 0 Å². The molecule has 82 valence electrons. The minimum absolute atomic E-state index is 0.0933. The van der Waals surface area contributed by atoms with Gasteiger partial charge in [0, 0.05) is 9.50 Å². The molecule has 0 radical (unpaired) electrons. The highest BCUT2D eigenvalue weighted by molar-refractivity contribution is 9.10. The summed E-state index contributed by atoms with van der Waals surface area (Å²) in [5.41, 5.74) is 1.19. The van der Waals surface area contributed by atoms with Gasteiger partial charge < -0.3 is 5.11 Å². The van der Waals surface area contributed by atoms with Gasteiger partial charge in [0.25, 0.3) is 0 Å². The van der Waals surface area contributed by atoms with Crippen molar-refractivity contribution in [1.29, 1.82) is 0 Å². The maximum Gasteiger partial charge on any atom is 0.0543 e. The zero-order valence-electron chi connectivity index (χ0n) is 8.42. The van der Waals surface area contributed by atoms with Crippen LogP contribution in [0.5, 0.6) is 0 Å². The van der Waals surface area contributed by atoms with Gasteiger partial charge in [-0.2, -0.15) is 0 Å². The van der Waals surface area contributed by atoms with Crippen molar-refractivity contribution in [2.24, 2.45) is 5.92 Å². The number of benzene rings is 1. The van der Waals surface area contributed by atoms with Gasteiger partial charge in [-0.05, 0) is 49.3 Å². The number of hydrogen-bond acceptors (Lipinski definition) is 1. The summed E-state index contributed by atoms with van der Waals surface area (Å²) >= 11 is 9.55. The van der Waals surface area contributed by atoms with Crippen LogP contribution in [0.3, 0.4) is 0 Å². The SMILES string of the molecule is OC1CCC(Cc2ccc(Br)cc2Cl)C1. The van der Waals surface area contributed by atoms with E-state index in [1.165, 1.54) is 5.56 Å². The molecule has 1 aromatic carbocycles. The fourth-order valence-corrected chi connectivity index (χ4v) is 2.98. The van der Waals surface area contributed by atoms with E-state index in [0.717, 1.165) is 35.2 Å². The Labute approximate surface area is 104 Å². The van der Waals surface area contributed by atoms with Crippen molar-refractivity contribution in [1.82, 2.24) is 0 Å². The second-order valence-electron chi connectivity index (χ2n) is 4.27. The zero-order valence-corrected chi connectivity index (χ0v) is 10.8. The van der Waals surface area contributed by atoms with Gasteiger partial charge >= 0.3 is 0 Å². The summed E-state index contributed by atoms with van der Waals surface area (Å²) in [6, 6.07) is 6.02. The van der Waals surface area contributed by atoms with Gasteiger partial charge in [-0.1, -0.05) is 33.6 Å². The van der Waals surface area contributed by atoms with Crippen LogP contribution in [0, 0.1) is 5.92 Å². The summed E-state index contributed by atoms with van der Waals surface area (Å²) in [6.07, 6.45) is 3.88. The van der Waals surface area contributed by atoms with Gasteiger partial charge in [0.05, 0.1) is 6.10 Å². The molecule has 15 heavy (non-hydrogen) atoms. The molecule has 1 aliphatic carbocycles. The molecule has 2 unspecified atom stereocenters.